The van der Waals surface area contributed by atoms with Crippen molar-refractivity contribution in [2.45, 2.75) is 31.7 Å². The Morgan fingerprint density at radius 2 is 2.05 bits per heavy atom. The smallest absolute Gasteiger partial charge is 0.254 e. The normalized spacial score (nSPS) is 24.1. The second kappa shape index (κ2) is 5.92. The fourth-order valence-electron chi connectivity index (χ4n) is 3.55. The summed E-state index contributed by atoms with van der Waals surface area (Å²) in [7, 11) is 0. The molecule has 1 unspecified atom stereocenters. The molecule has 0 bridgehead atoms. The van der Waals surface area contributed by atoms with Gasteiger partial charge >= 0.3 is 0 Å². The second-order valence-electron chi connectivity index (χ2n) is 5.81. The van der Waals surface area contributed by atoms with E-state index in [9.17, 15) is 9.18 Å². The lowest BCUT2D eigenvalue weighted by Gasteiger charge is -2.34. The number of amides is 1. The Bertz CT molecular complexity index is 485. The number of hydrogen-bond acceptors (Lipinski definition) is 2. The van der Waals surface area contributed by atoms with Gasteiger partial charge in [0.1, 0.15) is 5.82 Å². The summed E-state index contributed by atoms with van der Waals surface area (Å²) < 4.78 is 13.3. The van der Waals surface area contributed by atoms with Crippen LogP contribution < -0.4 is 5.32 Å². The van der Waals surface area contributed by atoms with Crippen LogP contribution in [0.2, 0.25) is 0 Å². The van der Waals surface area contributed by atoms with Gasteiger partial charge in [-0.2, -0.15) is 0 Å². The summed E-state index contributed by atoms with van der Waals surface area (Å²) in [5, 5.41) is 3.37. The minimum Gasteiger partial charge on any atom is -0.335 e. The van der Waals surface area contributed by atoms with Crippen molar-refractivity contribution >= 4 is 5.91 Å². The zero-order chi connectivity index (χ0) is 13.9. The quantitative estimate of drug-likeness (QED) is 0.900. The SMILES string of the molecule is O=C(c1cccc(F)c1)N1CCCC1C1CCNCC1. The van der Waals surface area contributed by atoms with E-state index in [0.29, 0.717) is 17.5 Å². The van der Waals surface area contributed by atoms with Crippen LogP contribution in [0.25, 0.3) is 0 Å². The van der Waals surface area contributed by atoms with Crippen LogP contribution in [0.4, 0.5) is 4.39 Å². The maximum atomic E-state index is 13.3. The molecule has 1 N–H and O–H groups in total. The fraction of sp³-hybridized carbons (Fsp3) is 0.562. The van der Waals surface area contributed by atoms with Gasteiger partial charge in [0.05, 0.1) is 0 Å². The molecule has 3 nitrogen and oxygen atoms in total. The number of benzene rings is 1. The highest BCUT2D eigenvalue weighted by atomic mass is 19.1. The number of nitrogens with one attached hydrogen (secondary N) is 1. The van der Waals surface area contributed by atoms with Crippen molar-refractivity contribution in [1.29, 1.82) is 0 Å². The van der Waals surface area contributed by atoms with Crippen molar-refractivity contribution in [3.8, 4) is 0 Å². The van der Waals surface area contributed by atoms with Crippen LogP contribution in [-0.2, 0) is 0 Å². The average molecular weight is 276 g/mol. The Hall–Kier alpha value is -1.42. The molecule has 0 aliphatic carbocycles. The zero-order valence-electron chi connectivity index (χ0n) is 11.6. The summed E-state index contributed by atoms with van der Waals surface area (Å²) in [5.74, 6) is 0.246. The van der Waals surface area contributed by atoms with Crippen molar-refractivity contribution < 1.29 is 9.18 Å². The van der Waals surface area contributed by atoms with Crippen molar-refractivity contribution in [3.63, 3.8) is 0 Å². The van der Waals surface area contributed by atoms with Crippen molar-refractivity contribution in [2.75, 3.05) is 19.6 Å². The van der Waals surface area contributed by atoms with E-state index in [1.54, 1.807) is 12.1 Å². The summed E-state index contributed by atoms with van der Waals surface area (Å²) in [6.45, 7) is 2.90. The van der Waals surface area contributed by atoms with Gasteiger partial charge in [-0.1, -0.05) is 6.07 Å². The molecule has 4 heteroatoms. The van der Waals surface area contributed by atoms with Crippen molar-refractivity contribution in [1.82, 2.24) is 10.2 Å². The lowest BCUT2D eigenvalue weighted by atomic mass is 9.88. The van der Waals surface area contributed by atoms with Crippen LogP contribution in [0, 0.1) is 11.7 Å². The Balaban J connectivity index is 1.76. The van der Waals surface area contributed by atoms with Crippen LogP contribution in [0.3, 0.4) is 0 Å². The summed E-state index contributed by atoms with van der Waals surface area (Å²) >= 11 is 0. The van der Waals surface area contributed by atoms with E-state index in [4.69, 9.17) is 0 Å². The van der Waals surface area contributed by atoms with Crippen LogP contribution in [0.1, 0.15) is 36.0 Å². The molecule has 1 atom stereocenters. The topological polar surface area (TPSA) is 32.3 Å². The maximum absolute atomic E-state index is 13.3. The molecule has 0 aromatic heterocycles. The summed E-state index contributed by atoms with van der Waals surface area (Å²) in [5.41, 5.74) is 0.478. The van der Waals surface area contributed by atoms with E-state index in [-0.39, 0.29) is 11.7 Å². The highest BCUT2D eigenvalue weighted by molar-refractivity contribution is 5.94. The molecule has 2 aliphatic rings. The monoisotopic (exact) mass is 276 g/mol. The van der Waals surface area contributed by atoms with E-state index in [2.05, 4.69) is 5.32 Å². The first-order valence-electron chi connectivity index (χ1n) is 7.53. The summed E-state index contributed by atoms with van der Waals surface area (Å²) in [4.78, 5) is 14.6. The Morgan fingerprint density at radius 1 is 1.25 bits per heavy atom. The van der Waals surface area contributed by atoms with Gasteiger partial charge in [0.25, 0.3) is 5.91 Å². The minimum absolute atomic E-state index is 0.00877. The van der Waals surface area contributed by atoms with Gasteiger partial charge < -0.3 is 10.2 Å². The molecule has 2 aliphatic heterocycles. The largest absolute Gasteiger partial charge is 0.335 e. The van der Waals surface area contributed by atoms with Crippen LogP contribution >= 0.6 is 0 Å². The molecule has 3 rings (SSSR count). The van der Waals surface area contributed by atoms with Crippen molar-refractivity contribution in [2.24, 2.45) is 5.92 Å². The number of hydrogen-bond donors (Lipinski definition) is 1. The van der Waals surface area contributed by atoms with E-state index >= 15 is 0 Å². The minimum atomic E-state index is -0.339. The van der Waals surface area contributed by atoms with Gasteiger partial charge in [-0.3, -0.25) is 4.79 Å². The van der Waals surface area contributed by atoms with Crippen LogP contribution in [-0.4, -0.2) is 36.5 Å². The predicted molar refractivity (Wildman–Crippen MR) is 76.1 cm³/mol. The molecule has 0 saturated carbocycles. The number of likely N-dealkylation sites (tertiary alicyclic amines) is 1. The Kier molecular flexibility index (Phi) is 4.01. The Morgan fingerprint density at radius 3 is 2.80 bits per heavy atom. The molecule has 0 spiro atoms. The highest BCUT2D eigenvalue weighted by Crippen LogP contribution is 2.30. The zero-order valence-corrected chi connectivity index (χ0v) is 11.6. The third-order valence-corrected chi connectivity index (χ3v) is 4.56. The lowest BCUT2D eigenvalue weighted by molar-refractivity contribution is 0.0666. The molecule has 1 aromatic carbocycles. The number of nitrogens with zero attached hydrogens (tertiary/aromatic N) is 1. The van der Waals surface area contributed by atoms with Gasteiger partial charge in [-0.25, -0.2) is 4.39 Å². The van der Waals surface area contributed by atoms with Crippen molar-refractivity contribution in [3.05, 3.63) is 35.6 Å². The lowest BCUT2D eigenvalue weighted by Crippen LogP contribution is -2.43. The third kappa shape index (κ3) is 2.70. The molecule has 2 saturated heterocycles. The van der Waals surface area contributed by atoms with Gasteiger partial charge in [-0.15, -0.1) is 0 Å². The van der Waals surface area contributed by atoms with Gasteiger partial charge in [-0.05, 0) is 62.9 Å². The average Bonchev–Trinajstić information content (AvgIpc) is 2.97. The first-order valence-corrected chi connectivity index (χ1v) is 7.53. The van der Waals surface area contributed by atoms with Gasteiger partial charge in [0.15, 0.2) is 0 Å². The molecule has 2 fully saturated rings. The maximum Gasteiger partial charge on any atom is 0.254 e. The number of rotatable bonds is 2. The second-order valence-corrected chi connectivity index (χ2v) is 5.81. The van der Waals surface area contributed by atoms with Crippen LogP contribution in [0.5, 0.6) is 0 Å². The number of halogens is 1. The third-order valence-electron chi connectivity index (χ3n) is 4.56. The highest BCUT2D eigenvalue weighted by Gasteiger charge is 2.35. The fourth-order valence-corrected chi connectivity index (χ4v) is 3.55. The van der Waals surface area contributed by atoms with Gasteiger partial charge in [0, 0.05) is 18.2 Å². The molecule has 0 radical (unpaired) electrons. The van der Waals surface area contributed by atoms with E-state index in [1.165, 1.54) is 12.1 Å². The number of carbonyl (C=O) groups excluding carboxylic acids is 1. The molecular weight excluding hydrogens is 255 g/mol. The standard InChI is InChI=1S/C16H21FN2O/c17-14-4-1-3-13(11-14)16(20)19-10-2-5-15(19)12-6-8-18-9-7-12/h1,3-4,11-12,15,18H,2,5-10H2. The van der Waals surface area contributed by atoms with Gasteiger partial charge in [0.2, 0.25) is 0 Å². The molecule has 20 heavy (non-hydrogen) atoms. The first kappa shape index (κ1) is 13.6. The number of piperidine rings is 1. The summed E-state index contributed by atoms with van der Waals surface area (Å²) in [6.07, 6.45) is 4.43. The summed E-state index contributed by atoms with van der Waals surface area (Å²) in [6, 6.07) is 6.39. The Labute approximate surface area is 119 Å². The van der Waals surface area contributed by atoms with Crippen LogP contribution in [0.15, 0.2) is 24.3 Å². The molecule has 2 heterocycles. The molecule has 1 amide bonds. The molecule has 108 valence electrons. The first-order chi connectivity index (χ1) is 9.75. The molecular formula is C16H21FN2O. The number of carbonyl (C=O) groups is 1. The predicted octanol–water partition coefficient (Wildman–Crippen LogP) is 2.43. The van der Waals surface area contributed by atoms with E-state index in [1.807, 2.05) is 4.90 Å². The van der Waals surface area contributed by atoms with E-state index < -0.39 is 0 Å². The van der Waals surface area contributed by atoms with E-state index in [0.717, 1.165) is 45.3 Å². The molecule has 1 aromatic rings.